The van der Waals surface area contributed by atoms with Gasteiger partial charge in [0.25, 0.3) is 0 Å². The Morgan fingerprint density at radius 2 is 0.615 bits per heavy atom. The Bertz CT molecular complexity index is 4510. The highest BCUT2D eigenvalue weighted by Crippen LogP contribution is 2.27. The molecule has 0 bridgehead atoms. The average Bonchev–Trinajstić information content (AvgIpc) is 0.850. The van der Waals surface area contributed by atoms with Gasteiger partial charge in [-0.15, -0.1) is 0 Å². The Balaban J connectivity index is -0.000000332. The minimum absolute atomic E-state index is 0.0270. The number of para-hydroxylation sites is 3. The van der Waals surface area contributed by atoms with Crippen molar-refractivity contribution in [3.05, 3.63) is 295 Å². The number of aromatic hydroxyl groups is 1. The number of unbranched alkanes of at least 4 members (excludes halogenated alkanes) is 2. The predicted octanol–water partition coefficient (Wildman–Crippen LogP) is 27.0. The van der Waals surface area contributed by atoms with Crippen molar-refractivity contribution in [2.24, 2.45) is 0 Å². The summed E-state index contributed by atoms with van der Waals surface area (Å²) in [5.74, 6) is -2.08. The van der Waals surface area contributed by atoms with Crippen LogP contribution >= 0.6 is 0 Å². The van der Waals surface area contributed by atoms with Gasteiger partial charge in [0.05, 0.1) is 36.0 Å². The van der Waals surface area contributed by atoms with E-state index in [0.717, 1.165) is 59.7 Å². The van der Waals surface area contributed by atoms with Gasteiger partial charge >= 0.3 is 49.5 Å². The first-order valence-corrected chi connectivity index (χ1v) is 44.7. The maximum Gasteiger partial charge on any atom is 0.523 e. The van der Waals surface area contributed by atoms with Gasteiger partial charge in [-0.2, -0.15) is 43.2 Å². The fourth-order valence-electron chi connectivity index (χ4n) is 7.46. The van der Waals surface area contributed by atoms with Crippen molar-refractivity contribution in [2.45, 2.75) is 188 Å². The Morgan fingerprint density at radius 3 is 0.869 bits per heavy atom. The maximum atomic E-state index is 13.5. The molecule has 726 valence electrons. The van der Waals surface area contributed by atoms with Crippen molar-refractivity contribution in [1.29, 1.82) is 0 Å². The van der Waals surface area contributed by atoms with Crippen LogP contribution in [0.2, 0.25) is 0 Å². The van der Waals surface area contributed by atoms with Crippen LogP contribution in [-0.2, 0) is 62.6 Å². The number of benzene rings is 10. The molecule has 0 atom stereocenters. The van der Waals surface area contributed by atoms with E-state index in [1.54, 1.807) is 6.07 Å². The molecule has 10 aromatic rings. The second kappa shape index (κ2) is 81.0. The number of halogens is 10. The molecule has 35 heteroatoms. The highest BCUT2D eigenvalue weighted by atomic mass is 32.2. The third kappa shape index (κ3) is 68.7. The van der Waals surface area contributed by atoms with Crippen LogP contribution in [0.5, 0.6) is 5.75 Å². The average molecular weight is 1880 g/mol. The van der Waals surface area contributed by atoms with Gasteiger partial charge in [-0.3, -0.25) is 24.3 Å². The van der Waals surface area contributed by atoms with Crippen LogP contribution in [0.25, 0.3) is 0 Å². The molecule has 0 aliphatic carbocycles. The second-order valence-corrected chi connectivity index (χ2v) is 27.2. The Hall–Kier alpha value is -12.5. The molecule has 0 aromatic heterocycles. The SMILES string of the molecule is CC.CC.CC.CC.CCC.CCCC.CCCC.CCNc1cc(N)ccc1F.CCNc1cc(NC(=O)OCc2ccccc2)ccc1F.CCOS(=O)(=O)C(F)(F)F.CCOS(=O)(=O)C(F)(F)F.Nc1cc(NC(=O)OCc2ccccc2)ccc1F.Nc1ccccc1.Nc1ccccc1.Nc1ccccc1.O=C(Nc1ccc(F)cc1O)OCc1ccccc1. The smallest absolute Gasteiger partial charge is 0.506 e. The Morgan fingerprint density at radius 1 is 0.338 bits per heavy atom. The standard InChI is InChI=1S/C16H17FN2O2.C14H13FN2O2.C14H12FNO3.C8H11FN2.3C6H7N.2C4H10.2C3H5F3O3S.C3H8.4C2H6/c1-2-18-15-10-13(8-9-14(15)17)19-16(20)21-11-12-6-4-3-5-7-12;15-12-7-6-11(8-13(12)16)17-14(18)19-9-10-4-2-1-3-5-10;15-11-6-7-12(13(17)8-11)16-14(18)19-9-10-4-2-1-3-5-10;1-2-11-8-5-6(10)3-4-7(8)9;3*7-6-4-2-1-3-5-6;2*1-3-4-2;2*1-2-9-10(7,8)3(4,5)6;1-3-2;4*1-2/h3-10,18H,2,11H2,1H3,(H,19,20);1-8H,9,16H2,(H,17,18);1-8,17H,9H2,(H,16,18);3-5,11H,2,10H2,1H3;3*1-5H,7H2;2*3-4H2,1-2H3;2*2H2,1H3;3H2,1-2H3;4*1-2H3. The van der Waals surface area contributed by atoms with E-state index in [9.17, 15) is 80.2 Å². The van der Waals surface area contributed by atoms with E-state index >= 15 is 0 Å². The number of phenolic OH excluding ortho intramolecular Hbond substituents is 1. The third-order valence-corrected chi connectivity index (χ3v) is 15.8. The van der Waals surface area contributed by atoms with E-state index in [2.05, 4.69) is 76.5 Å². The molecule has 0 saturated carbocycles. The molecule has 10 rings (SSSR count). The molecule has 130 heavy (non-hydrogen) atoms. The van der Waals surface area contributed by atoms with E-state index in [1.165, 1.54) is 86.7 Å². The molecule has 0 spiro atoms. The van der Waals surface area contributed by atoms with Gasteiger partial charge in [-0.05, 0) is 148 Å². The summed E-state index contributed by atoms with van der Waals surface area (Å²) in [6.45, 7) is 35.8. The van der Waals surface area contributed by atoms with Crippen LogP contribution in [-0.4, -0.2) is 77.5 Å². The molecule has 23 nitrogen and oxygen atoms in total. The van der Waals surface area contributed by atoms with E-state index in [-0.39, 0.29) is 48.6 Å². The van der Waals surface area contributed by atoms with E-state index < -0.39 is 74.4 Å². The fraction of sp³-hybridized carbons (Fsp3) is 0.337. The number of nitrogen functional groups attached to an aromatic ring is 5. The van der Waals surface area contributed by atoms with Gasteiger partial charge in [0.1, 0.15) is 48.8 Å². The summed E-state index contributed by atoms with van der Waals surface area (Å²) in [5, 5.41) is 22.5. The molecule has 3 amide bonds. The molecule has 0 unspecified atom stereocenters. The second-order valence-electron chi connectivity index (χ2n) is 24.0. The van der Waals surface area contributed by atoms with Gasteiger partial charge < -0.3 is 58.6 Å². The molecule has 10 aromatic carbocycles. The summed E-state index contributed by atoms with van der Waals surface area (Å²) in [6, 6.07) is 72.3. The topological polar surface area (TPSA) is 376 Å². The monoisotopic (exact) mass is 1880 g/mol. The number of ether oxygens (including phenoxy) is 3. The quantitative estimate of drug-likeness (QED) is 0.00894. The lowest BCUT2D eigenvalue weighted by molar-refractivity contribution is -0.0543. The first-order valence-electron chi connectivity index (χ1n) is 41.9. The molecule has 0 radical (unpaired) electrons. The van der Waals surface area contributed by atoms with Crippen LogP contribution in [0, 0.1) is 23.3 Å². The summed E-state index contributed by atoms with van der Waals surface area (Å²) in [6.07, 6.45) is 4.62. The summed E-state index contributed by atoms with van der Waals surface area (Å²) >= 11 is 0. The van der Waals surface area contributed by atoms with Crippen molar-refractivity contribution < 1.29 is 103 Å². The molecule has 0 heterocycles. The van der Waals surface area contributed by atoms with E-state index in [0.29, 0.717) is 41.5 Å². The zero-order valence-corrected chi connectivity index (χ0v) is 79.2. The van der Waals surface area contributed by atoms with Crippen LogP contribution in [0.4, 0.5) is 115 Å². The summed E-state index contributed by atoms with van der Waals surface area (Å²) in [7, 11) is -10.7. The highest BCUT2D eigenvalue weighted by molar-refractivity contribution is 7.87. The molecule has 0 fully saturated rings. The number of hydrogen-bond donors (Lipinski definition) is 11. The summed E-state index contributed by atoms with van der Waals surface area (Å²) in [4.78, 5) is 34.7. The highest BCUT2D eigenvalue weighted by Gasteiger charge is 2.47. The number of alkyl halides is 6. The van der Waals surface area contributed by atoms with Crippen molar-refractivity contribution in [3.63, 3.8) is 0 Å². The zero-order chi connectivity index (χ0) is 100. The number of nitrogens with one attached hydrogen (secondary N) is 5. The van der Waals surface area contributed by atoms with Gasteiger partial charge in [-0.25, -0.2) is 31.9 Å². The molecule has 0 aliphatic heterocycles. The maximum absolute atomic E-state index is 13.5. The molecular formula is C95H136F10N10O13S2. The molecule has 0 aliphatic rings. The largest absolute Gasteiger partial charge is 0.523 e. The molecule has 0 saturated heterocycles. The lowest BCUT2D eigenvalue weighted by atomic mass is 10.2. The van der Waals surface area contributed by atoms with Crippen molar-refractivity contribution in [3.8, 4) is 5.75 Å². The van der Waals surface area contributed by atoms with Gasteiger partial charge in [0, 0.05) is 53.3 Å². The first-order chi connectivity index (χ1) is 61.8. The summed E-state index contributed by atoms with van der Waals surface area (Å²) < 4.78 is 181. The van der Waals surface area contributed by atoms with Crippen molar-refractivity contribution in [2.75, 3.05) is 81.6 Å². The van der Waals surface area contributed by atoms with Crippen molar-refractivity contribution in [1.82, 2.24) is 0 Å². The van der Waals surface area contributed by atoms with Crippen LogP contribution in [0.1, 0.15) is 173 Å². The Labute approximate surface area is 763 Å². The number of nitrogens with two attached hydrogens (primary N) is 5. The first kappa shape index (κ1) is 128. The van der Waals surface area contributed by atoms with Crippen molar-refractivity contribution >= 4 is 95.4 Å². The fourth-order valence-corrected chi connectivity index (χ4v) is 8.34. The minimum Gasteiger partial charge on any atom is -0.506 e. The molecular weight excluding hydrogens is 1740 g/mol. The number of rotatable bonds is 19. The van der Waals surface area contributed by atoms with Gasteiger partial charge in [-0.1, -0.05) is 275 Å². The van der Waals surface area contributed by atoms with Crippen LogP contribution in [0.15, 0.2) is 255 Å². The minimum atomic E-state index is -5.35. The van der Waals surface area contributed by atoms with Gasteiger partial charge in [0.15, 0.2) is 0 Å². The van der Waals surface area contributed by atoms with E-state index in [4.69, 9.17) is 42.9 Å². The lowest BCUT2D eigenvalue weighted by Gasteiger charge is -2.10. The molecule has 16 N–H and O–H groups in total. The van der Waals surface area contributed by atoms with Crippen LogP contribution in [0.3, 0.4) is 0 Å². The normalized spacial score (nSPS) is 9.60. The number of carbonyl (C=O) groups is 3. The number of amides is 3. The Kier molecular flexibility index (Phi) is 80.0. The number of anilines is 10. The summed E-state index contributed by atoms with van der Waals surface area (Å²) in [5.41, 5.74) is 23.7. The predicted molar refractivity (Wildman–Crippen MR) is 513 cm³/mol. The van der Waals surface area contributed by atoms with E-state index in [1.807, 2.05) is 251 Å². The lowest BCUT2D eigenvalue weighted by Crippen LogP contribution is -2.25. The zero-order valence-electron chi connectivity index (χ0n) is 77.6. The van der Waals surface area contributed by atoms with Crippen LogP contribution < -0.4 is 55.3 Å². The van der Waals surface area contributed by atoms with Gasteiger partial charge in [0.2, 0.25) is 0 Å². The number of phenols is 1. The number of carbonyl (C=O) groups excluding carboxylic acids is 3. The third-order valence-electron chi connectivity index (χ3n) is 13.5. The number of hydrogen-bond acceptors (Lipinski definition) is 20.